The van der Waals surface area contributed by atoms with Crippen molar-refractivity contribution in [3.8, 4) is 11.4 Å². The average molecular weight is 414 g/mol. The Morgan fingerprint density at radius 2 is 1.84 bits per heavy atom. The predicted molar refractivity (Wildman–Crippen MR) is 113 cm³/mol. The van der Waals surface area contributed by atoms with E-state index in [0.717, 1.165) is 41.8 Å². The molecule has 3 amide bonds. The number of urea groups is 1. The third-order valence-electron chi connectivity index (χ3n) is 6.58. The number of carbonyl (C=O) groups excluding carboxylic acids is 2. The first-order valence-corrected chi connectivity index (χ1v) is 10.7. The molecule has 0 saturated carbocycles. The number of nitrogens with zero attached hydrogens (tertiary/aromatic N) is 3. The molecule has 0 bridgehead atoms. The molecule has 3 aliphatic rings. The molecule has 1 atom stereocenters. The summed E-state index contributed by atoms with van der Waals surface area (Å²) < 4.78 is 7.69. The lowest BCUT2D eigenvalue weighted by Crippen LogP contribution is -2.47. The van der Waals surface area contributed by atoms with Crippen molar-refractivity contribution in [1.82, 2.24) is 20.0 Å². The van der Waals surface area contributed by atoms with E-state index in [1.807, 2.05) is 59.3 Å². The molecule has 3 aromatic rings. The van der Waals surface area contributed by atoms with Crippen molar-refractivity contribution < 1.29 is 14.3 Å². The number of ether oxygens (including phenoxy) is 1. The Kier molecular flexibility index (Phi) is 3.93. The second kappa shape index (κ2) is 6.70. The van der Waals surface area contributed by atoms with Crippen LogP contribution in [0, 0.1) is 0 Å². The number of rotatable bonds is 3. The molecule has 0 radical (unpaired) electrons. The molecule has 3 heterocycles. The van der Waals surface area contributed by atoms with E-state index in [1.165, 1.54) is 10.6 Å². The van der Waals surface area contributed by atoms with Crippen LogP contribution in [0.4, 0.5) is 4.79 Å². The number of nitrogens with one attached hydrogen (secondary N) is 1. The maximum absolute atomic E-state index is 13.6. The minimum absolute atomic E-state index is 0.178. The van der Waals surface area contributed by atoms with E-state index in [-0.39, 0.29) is 18.5 Å². The third kappa shape index (κ3) is 2.62. The van der Waals surface area contributed by atoms with E-state index in [0.29, 0.717) is 18.8 Å². The number of aromatic nitrogens is 2. The minimum atomic E-state index is -1.06. The van der Waals surface area contributed by atoms with E-state index in [2.05, 4.69) is 5.32 Å². The molecule has 1 spiro atoms. The second-order valence-electron chi connectivity index (χ2n) is 8.29. The van der Waals surface area contributed by atoms with Crippen LogP contribution < -0.4 is 10.1 Å². The van der Waals surface area contributed by atoms with Crippen LogP contribution in [-0.4, -0.2) is 33.2 Å². The summed E-state index contributed by atoms with van der Waals surface area (Å²) in [5.74, 6) is 0.424. The van der Waals surface area contributed by atoms with Crippen LogP contribution in [0.3, 0.4) is 0 Å². The van der Waals surface area contributed by atoms with Crippen molar-refractivity contribution in [2.75, 3.05) is 6.61 Å². The van der Waals surface area contributed by atoms with Gasteiger partial charge in [-0.3, -0.25) is 9.69 Å². The summed E-state index contributed by atoms with van der Waals surface area (Å²) in [5.41, 5.74) is 3.81. The zero-order valence-electron chi connectivity index (χ0n) is 17.0. The van der Waals surface area contributed by atoms with Crippen molar-refractivity contribution >= 4 is 11.9 Å². The topological polar surface area (TPSA) is 76.5 Å². The van der Waals surface area contributed by atoms with Gasteiger partial charge in [-0.2, -0.15) is 5.10 Å². The fourth-order valence-electron chi connectivity index (χ4n) is 5.09. The molecule has 1 fully saturated rings. The van der Waals surface area contributed by atoms with E-state index in [9.17, 15) is 9.59 Å². The van der Waals surface area contributed by atoms with E-state index in [1.54, 1.807) is 0 Å². The van der Waals surface area contributed by atoms with Crippen molar-refractivity contribution in [3.63, 3.8) is 0 Å². The number of amides is 3. The molecular weight excluding hydrogens is 392 g/mol. The van der Waals surface area contributed by atoms with Crippen LogP contribution in [-0.2, 0) is 29.7 Å². The van der Waals surface area contributed by atoms with Gasteiger partial charge in [0, 0.05) is 17.7 Å². The maximum Gasteiger partial charge on any atom is 0.325 e. The summed E-state index contributed by atoms with van der Waals surface area (Å²) >= 11 is 0. The molecule has 7 nitrogen and oxygen atoms in total. The lowest BCUT2D eigenvalue weighted by atomic mass is 9.84. The monoisotopic (exact) mass is 414 g/mol. The van der Waals surface area contributed by atoms with E-state index < -0.39 is 5.54 Å². The van der Waals surface area contributed by atoms with Gasteiger partial charge in [0.15, 0.2) is 5.54 Å². The summed E-state index contributed by atoms with van der Waals surface area (Å²) in [5, 5.41) is 7.81. The Labute approximate surface area is 179 Å². The standard InChI is InChI=1S/C24H22N4O3/c29-22-24(13-14-31-21-12-5-4-10-18(21)24)25-23(30)27(22)15-19-17-9-6-11-20(17)28(26-19)16-7-2-1-3-8-16/h1-5,7-8,10,12H,6,9,11,13-15H2,(H,25,30). The first-order valence-electron chi connectivity index (χ1n) is 10.7. The van der Waals surface area contributed by atoms with Gasteiger partial charge < -0.3 is 10.1 Å². The van der Waals surface area contributed by atoms with Crippen LogP contribution in [0.15, 0.2) is 54.6 Å². The molecular formula is C24H22N4O3. The first kappa shape index (κ1) is 18.2. The first-order chi connectivity index (χ1) is 15.2. The van der Waals surface area contributed by atoms with Gasteiger partial charge >= 0.3 is 6.03 Å². The van der Waals surface area contributed by atoms with Gasteiger partial charge in [-0.25, -0.2) is 9.48 Å². The number of benzene rings is 2. The average Bonchev–Trinajstić information content (AvgIpc) is 3.46. The van der Waals surface area contributed by atoms with Gasteiger partial charge in [0.05, 0.1) is 24.5 Å². The number of hydrogen-bond donors (Lipinski definition) is 1. The van der Waals surface area contributed by atoms with Crippen molar-refractivity contribution in [3.05, 3.63) is 77.1 Å². The SMILES string of the molecule is O=C1NC2(CCOc3ccccc32)C(=O)N1Cc1nn(-c2ccccc2)c2c1CCC2. The van der Waals surface area contributed by atoms with E-state index >= 15 is 0 Å². The summed E-state index contributed by atoms with van der Waals surface area (Å²) in [7, 11) is 0. The quantitative estimate of drug-likeness (QED) is 0.669. The molecule has 1 aliphatic carbocycles. The molecule has 7 heteroatoms. The smallest absolute Gasteiger partial charge is 0.325 e. The number of fused-ring (bicyclic) bond motifs is 3. The van der Waals surface area contributed by atoms with Crippen molar-refractivity contribution in [1.29, 1.82) is 0 Å². The van der Waals surface area contributed by atoms with E-state index in [4.69, 9.17) is 9.84 Å². The Morgan fingerprint density at radius 3 is 2.71 bits per heavy atom. The van der Waals surface area contributed by atoms with Gasteiger partial charge in [0.2, 0.25) is 0 Å². The molecule has 31 heavy (non-hydrogen) atoms. The molecule has 2 aliphatic heterocycles. The highest BCUT2D eigenvalue weighted by Gasteiger charge is 2.55. The lowest BCUT2D eigenvalue weighted by molar-refractivity contribution is -0.133. The maximum atomic E-state index is 13.6. The fraction of sp³-hybridized carbons (Fsp3) is 0.292. The van der Waals surface area contributed by atoms with Crippen LogP contribution in [0.2, 0.25) is 0 Å². The summed E-state index contributed by atoms with van der Waals surface area (Å²) in [6, 6.07) is 17.1. The second-order valence-corrected chi connectivity index (χ2v) is 8.29. The highest BCUT2D eigenvalue weighted by molar-refractivity contribution is 6.07. The summed E-state index contributed by atoms with van der Waals surface area (Å²) in [6.45, 7) is 0.562. The Balaban J connectivity index is 1.37. The van der Waals surface area contributed by atoms with Gasteiger partial charge in [-0.1, -0.05) is 36.4 Å². The van der Waals surface area contributed by atoms with Crippen LogP contribution in [0.5, 0.6) is 5.75 Å². The Morgan fingerprint density at radius 1 is 1.03 bits per heavy atom. The number of imide groups is 1. The molecule has 2 aromatic carbocycles. The van der Waals surface area contributed by atoms with Gasteiger partial charge in [-0.15, -0.1) is 0 Å². The Bertz CT molecular complexity index is 1200. The summed E-state index contributed by atoms with van der Waals surface area (Å²) in [6.07, 6.45) is 3.35. The number of carbonyl (C=O) groups is 2. The molecule has 156 valence electrons. The number of hydrogen-bond acceptors (Lipinski definition) is 4. The van der Waals surface area contributed by atoms with Crippen LogP contribution in [0.1, 0.15) is 35.4 Å². The van der Waals surface area contributed by atoms with Gasteiger partial charge in [0.1, 0.15) is 5.75 Å². The van der Waals surface area contributed by atoms with Crippen LogP contribution in [0.25, 0.3) is 5.69 Å². The zero-order valence-corrected chi connectivity index (χ0v) is 17.0. The normalized spacial score (nSPS) is 21.7. The highest BCUT2D eigenvalue weighted by Crippen LogP contribution is 2.41. The minimum Gasteiger partial charge on any atom is -0.493 e. The Hall–Kier alpha value is -3.61. The van der Waals surface area contributed by atoms with Crippen molar-refractivity contribution in [2.24, 2.45) is 0 Å². The van der Waals surface area contributed by atoms with Crippen molar-refractivity contribution in [2.45, 2.75) is 37.8 Å². The fourth-order valence-corrected chi connectivity index (χ4v) is 5.09. The summed E-state index contributed by atoms with van der Waals surface area (Å²) in [4.78, 5) is 27.9. The zero-order chi connectivity index (χ0) is 21.0. The molecule has 6 rings (SSSR count). The third-order valence-corrected chi connectivity index (χ3v) is 6.58. The van der Waals surface area contributed by atoms with Crippen LogP contribution >= 0.6 is 0 Å². The molecule has 1 unspecified atom stereocenters. The largest absolute Gasteiger partial charge is 0.493 e. The van der Waals surface area contributed by atoms with Gasteiger partial charge in [0.25, 0.3) is 5.91 Å². The predicted octanol–water partition coefficient (Wildman–Crippen LogP) is 3.09. The number of para-hydroxylation sites is 2. The molecule has 1 aromatic heterocycles. The van der Waals surface area contributed by atoms with Gasteiger partial charge in [-0.05, 0) is 43.0 Å². The lowest BCUT2D eigenvalue weighted by Gasteiger charge is -2.33. The highest BCUT2D eigenvalue weighted by atomic mass is 16.5. The molecule has 1 saturated heterocycles. The molecule has 1 N–H and O–H groups in total.